The molecule has 4 heteroatoms. The summed E-state index contributed by atoms with van der Waals surface area (Å²) in [5, 5.41) is 3.16. The maximum absolute atomic E-state index is 12.1. The fraction of sp³-hybridized carbons (Fsp3) is 0.933. The number of amides is 1. The van der Waals surface area contributed by atoms with Gasteiger partial charge in [0.2, 0.25) is 5.91 Å². The number of hydrogen-bond acceptors (Lipinski definition) is 3. The minimum absolute atomic E-state index is 0.110. The van der Waals surface area contributed by atoms with Gasteiger partial charge in [0.25, 0.3) is 0 Å². The van der Waals surface area contributed by atoms with Crippen LogP contribution in [0.3, 0.4) is 0 Å². The van der Waals surface area contributed by atoms with Crippen molar-refractivity contribution in [3.05, 3.63) is 0 Å². The van der Waals surface area contributed by atoms with Gasteiger partial charge in [0, 0.05) is 23.3 Å². The van der Waals surface area contributed by atoms with Crippen LogP contribution in [0.5, 0.6) is 0 Å². The van der Waals surface area contributed by atoms with E-state index in [1.54, 1.807) is 0 Å². The van der Waals surface area contributed by atoms with E-state index in [1.807, 2.05) is 25.6 Å². The van der Waals surface area contributed by atoms with Crippen LogP contribution >= 0.6 is 11.8 Å². The van der Waals surface area contributed by atoms with E-state index in [9.17, 15) is 4.79 Å². The highest BCUT2D eigenvalue weighted by atomic mass is 32.2. The Bertz CT molecular complexity index is 275. The van der Waals surface area contributed by atoms with Gasteiger partial charge in [-0.1, -0.05) is 26.2 Å². The summed E-state index contributed by atoms with van der Waals surface area (Å²) in [5.41, 5.74) is 5.73. The van der Waals surface area contributed by atoms with Gasteiger partial charge < -0.3 is 11.1 Å². The molecule has 3 nitrogen and oxygen atoms in total. The maximum Gasteiger partial charge on any atom is 0.222 e. The normalized spacial score (nSPS) is 21.1. The van der Waals surface area contributed by atoms with Gasteiger partial charge in [0.05, 0.1) is 0 Å². The fourth-order valence-corrected chi connectivity index (χ4v) is 3.69. The highest BCUT2D eigenvalue weighted by Crippen LogP contribution is 2.39. The SMILES string of the molecule is CSC1(CNC(=O)C(C)CCCC(C)N)CCCC1. The van der Waals surface area contributed by atoms with Crippen LogP contribution in [0.2, 0.25) is 0 Å². The van der Waals surface area contributed by atoms with Crippen LogP contribution in [0, 0.1) is 5.92 Å². The largest absolute Gasteiger partial charge is 0.354 e. The Morgan fingerprint density at radius 2 is 1.95 bits per heavy atom. The summed E-state index contributed by atoms with van der Waals surface area (Å²) < 4.78 is 0.307. The smallest absolute Gasteiger partial charge is 0.222 e. The molecule has 1 aliphatic rings. The first-order valence-electron chi connectivity index (χ1n) is 7.57. The minimum Gasteiger partial charge on any atom is -0.354 e. The van der Waals surface area contributed by atoms with Gasteiger partial charge >= 0.3 is 0 Å². The Morgan fingerprint density at radius 1 is 1.32 bits per heavy atom. The summed E-state index contributed by atoms with van der Waals surface area (Å²) in [7, 11) is 0. The first-order chi connectivity index (χ1) is 8.99. The minimum atomic E-state index is 0.110. The zero-order valence-electron chi connectivity index (χ0n) is 12.7. The van der Waals surface area contributed by atoms with Crippen molar-refractivity contribution in [2.45, 2.75) is 69.6 Å². The van der Waals surface area contributed by atoms with Crippen molar-refractivity contribution in [2.75, 3.05) is 12.8 Å². The van der Waals surface area contributed by atoms with E-state index in [1.165, 1.54) is 25.7 Å². The third-order valence-corrected chi connectivity index (χ3v) is 5.70. The molecule has 0 spiro atoms. The summed E-state index contributed by atoms with van der Waals surface area (Å²) in [4.78, 5) is 12.1. The Morgan fingerprint density at radius 3 is 2.47 bits per heavy atom. The first-order valence-corrected chi connectivity index (χ1v) is 8.80. The molecule has 3 N–H and O–H groups in total. The molecule has 1 rings (SSSR count). The first kappa shape index (κ1) is 16.8. The number of thioether (sulfide) groups is 1. The van der Waals surface area contributed by atoms with Crippen LogP contribution in [0.25, 0.3) is 0 Å². The lowest BCUT2D eigenvalue weighted by Crippen LogP contribution is -2.40. The van der Waals surface area contributed by atoms with E-state index < -0.39 is 0 Å². The molecule has 0 aromatic rings. The van der Waals surface area contributed by atoms with Crippen molar-refractivity contribution in [2.24, 2.45) is 11.7 Å². The van der Waals surface area contributed by atoms with Gasteiger partial charge in [-0.2, -0.15) is 11.8 Å². The summed E-state index contributed by atoms with van der Waals surface area (Å²) in [6, 6.07) is 0.244. The highest BCUT2D eigenvalue weighted by molar-refractivity contribution is 8.00. The highest BCUT2D eigenvalue weighted by Gasteiger charge is 2.33. The summed E-state index contributed by atoms with van der Waals surface area (Å²) in [5.74, 6) is 0.323. The molecule has 0 radical (unpaired) electrons. The lowest BCUT2D eigenvalue weighted by molar-refractivity contribution is -0.124. The standard InChI is InChI=1S/C15H30N2OS/c1-12(7-6-8-13(2)16)14(18)17-11-15(19-3)9-4-5-10-15/h12-13H,4-11,16H2,1-3H3,(H,17,18). The summed E-state index contributed by atoms with van der Waals surface area (Å²) in [6.07, 6.45) is 10.3. The predicted octanol–water partition coefficient (Wildman–Crippen LogP) is 2.93. The van der Waals surface area contributed by atoms with Gasteiger partial charge in [-0.05, 0) is 38.9 Å². The average molecular weight is 286 g/mol. The number of hydrogen-bond donors (Lipinski definition) is 2. The molecule has 0 bridgehead atoms. The van der Waals surface area contributed by atoms with Gasteiger partial charge in [-0.15, -0.1) is 0 Å². The molecule has 19 heavy (non-hydrogen) atoms. The Balaban J connectivity index is 2.25. The number of nitrogens with two attached hydrogens (primary N) is 1. The number of carbonyl (C=O) groups excluding carboxylic acids is 1. The van der Waals surface area contributed by atoms with Crippen LogP contribution in [-0.2, 0) is 4.79 Å². The molecule has 1 fully saturated rings. The van der Waals surface area contributed by atoms with Crippen molar-refractivity contribution in [3.63, 3.8) is 0 Å². The van der Waals surface area contributed by atoms with Crippen LogP contribution in [0.1, 0.15) is 58.8 Å². The molecule has 0 aromatic heterocycles. The molecule has 1 saturated carbocycles. The van der Waals surface area contributed by atoms with Crippen molar-refractivity contribution in [1.82, 2.24) is 5.32 Å². The van der Waals surface area contributed by atoms with Crippen LogP contribution < -0.4 is 11.1 Å². The third kappa shape index (κ3) is 5.74. The van der Waals surface area contributed by atoms with E-state index >= 15 is 0 Å². The van der Waals surface area contributed by atoms with Crippen LogP contribution in [-0.4, -0.2) is 29.5 Å². The van der Waals surface area contributed by atoms with Crippen molar-refractivity contribution < 1.29 is 4.79 Å². The molecule has 1 aliphatic carbocycles. The Labute approximate surface area is 122 Å². The van der Waals surface area contributed by atoms with E-state index in [0.29, 0.717) is 4.75 Å². The zero-order valence-corrected chi connectivity index (χ0v) is 13.5. The second-order valence-electron chi connectivity index (χ2n) is 6.12. The zero-order chi connectivity index (χ0) is 14.3. The van der Waals surface area contributed by atoms with Gasteiger partial charge in [-0.25, -0.2) is 0 Å². The van der Waals surface area contributed by atoms with Crippen molar-refractivity contribution in [3.8, 4) is 0 Å². The predicted molar refractivity (Wildman–Crippen MR) is 84.4 cm³/mol. The molecule has 1 amide bonds. The molecule has 0 saturated heterocycles. The lowest BCUT2D eigenvalue weighted by Gasteiger charge is -2.27. The van der Waals surface area contributed by atoms with Crippen molar-refractivity contribution in [1.29, 1.82) is 0 Å². The van der Waals surface area contributed by atoms with E-state index in [2.05, 4.69) is 11.6 Å². The Kier molecular flexibility index (Phi) is 7.22. The van der Waals surface area contributed by atoms with Gasteiger partial charge in [0.1, 0.15) is 0 Å². The van der Waals surface area contributed by atoms with Crippen LogP contribution in [0.15, 0.2) is 0 Å². The molecular formula is C15H30N2OS. The molecule has 0 aliphatic heterocycles. The molecule has 112 valence electrons. The number of nitrogens with one attached hydrogen (secondary N) is 1. The topological polar surface area (TPSA) is 55.1 Å². The van der Waals surface area contributed by atoms with Crippen molar-refractivity contribution >= 4 is 17.7 Å². The third-order valence-electron chi connectivity index (χ3n) is 4.28. The van der Waals surface area contributed by atoms with E-state index in [4.69, 9.17) is 5.73 Å². The van der Waals surface area contributed by atoms with Gasteiger partial charge in [-0.3, -0.25) is 4.79 Å². The molecule has 2 unspecified atom stereocenters. The molecule has 0 aromatic carbocycles. The summed E-state index contributed by atoms with van der Waals surface area (Å²) in [6.45, 7) is 4.88. The summed E-state index contributed by atoms with van der Waals surface area (Å²) >= 11 is 1.92. The average Bonchev–Trinajstić information content (AvgIpc) is 2.84. The van der Waals surface area contributed by atoms with E-state index in [0.717, 1.165) is 25.8 Å². The Hall–Kier alpha value is -0.220. The maximum atomic E-state index is 12.1. The molecule has 2 atom stereocenters. The van der Waals surface area contributed by atoms with Crippen LogP contribution in [0.4, 0.5) is 0 Å². The molecule has 0 heterocycles. The molecular weight excluding hydrogens is 256 g/mol. The second kappa shape index (κ2) is 8.15. The number of rotatable bonds is 8. The van der Waals surface area contributed by atoms with Gasteiger partial charge in [0.15, 0.2) is 0 Å². The monoisotopic (exact) mass is 286 g/mol. The van der Waals surface area contributed by atoms with E-state index in [-0.39, 0.29) is 17.9 Å². The number of carbonyl (C=O) groups is 1. The quantitative estimate of drug-likeness (QED) is 0.721. The lowest BCUT2D eigenvalue weighted by atomic mass is 10.0. The second-order valence-corrected chi connectivity index (χ2v) is 7.40. The fourth-order valence-electron chi connectivity index (χ4n) is 2.77.